The maximum atomic E-state index is 13.4. The number of hydrogen-bond donors (Lipinski definition) is 1. The molecule has 2 aliphatic heterocycles. The molecule has 3 aliphatic rings. The fraction of sp³-hybridized carbons (Fsp3) is 0.571. The van der Waals surface area contributed by atoms with Crippen molar-refractivity contribution in [3.05, 3.63) is 35.4 Å². The highest BCUT2D eigenvalue weighted by Crippen LogP contribution is 2.48. The topological polar surface area (TPSA) is 83.7 Å². The number of likely N-dealkylation sites (tertiary alicyclic amines) is 1. The van der Waals surface area contributed by atoms with Crippen LogP contribution in [0.4, 0.5) is 0 Å². The number of carbonyl (C=O) groups excluding carboxylic acids is 3. The van der Waals surface area contributed by atoms with E-state index in [1.54, 1.807) is 4.90 Å². The standard InChI is InChI=1S/C21H27N3O3/c1-2-23-14-16-6-4-3-5-15(16)13-20(18(23)26)9-11-24(12-10-20)19(27)21(7-8-21)17(22)25/h3-6H,2,7-14H2,1H3,(H2,22,25). The van der Waals surface area contributed by atoms with Crippen LogP contribution in [0.5, 0.6) is 0 Å². The van der Waals surface area contributed by atoms with Crippen molar-refractivity contribution in [1.82, 2.24) is 9.80 Å². The molecular weight excluding hydrogens is 342 g/mol. The minimum Gasteiger partial charge on any atom is -0.369 e. The van der Waals surface area contributed by atoms with Gasteiger partial charge in [-0.25, -0.2) is 0 Å². The maximum Gasteiger partial charge on any atom is 0.238 e. The largest absolute Gasteiger partial charge is 0.369 e. The van der Waals surface area contributed by atoms with Gasteiger partial charge in [0.1, 0.15) is 5.41 Å². The Hall–Kier alpha value is -2.37. The Bertz CT molecular complexity index is 792. The van der Waals surface area contributed by atoms with Gasteiger partial charge in [-0.2, -0.15) is 0 Å². The Kier molecular flexibility index (Phi) is 4.24. The van der Waals surface area contributed by atoms with Gasteiger partial charge in [-0.05, 0) is 50.2 Å². The molecule has 1 saturated carbocycles. The second-order valence-corrected chi connectivity index (χ2v) is 8.28. The summed E-state index contributed by atoms with van der Waals surface area (Å²) < 4.78 is 0. The van der Waals surface area contributed by atoms with E-state index in [-0.39, 0.29) is 11.8 Å². The van der Waals surface area contributed by atoms with Crippen molar-refractivity contribution in [3.8, 4) is 0 Å². The summed E-state index contributed by atoms with van der Waals surface area (Å²) in [6, 6.07) is 8.27. The van der Waals surface area contributed by atoms with Gasteiger partial charge in [-0.3, -0.25) is 14.4 Å². The quantitative estimate of drug-likeness (QED) is 0.819. The number of amides is 3. The molecule has 3 amide bonds. The van der Waals surface area contributed by atoms with Crippen molar-refractivity contribution >= 4 is 17.7 Å². The third kappa shape index (κ3) is 2.82. The van der Waals surface area contributed by atoms with Gasteiger partial charge in [-0.1, -0.05) is 24.3 Å². The SMILES string of the molecule is CCN1Cc2ccccc2CC2(CCN(C(=O)C3(C(N)=O)CC3)CC2)C1=O. The van der Waals surface area contributed by atoms with Crippen molar-refractivity contribution in [2.75, 3.05) is 19.6 Å². The second-order valence-electron chi connectivity index (χ2n) is 8.28. The summed E-state index contributed by atoms with van der Waals surface area (Å²) in [6.45, 7) is 4.38. The van der Waals surface area contributed by atoms with E-state index in [2.05, 4.69) is 12.1 Å². The van der Waals surface area contributed by atoms with E-state index in [4.69, 9.17) is 5.73 Å². The minimum absolute atomic E-state index is 0.140. The second kappa shape index (κ2) is 6.36. The van der Waals surface area contributed by atoms with Crippen molar-refractivity contribution < 1.29 is 14.4 Å². The Morgan fingerprint density at radius 2 is 1.70 bits per heavy atom. The Morgan fingerprint density at radius 1 is 1.07 bits per heavy atom. The highest BCUT2D eigenvalue weighted by atomic mass is 16.2. The fourth-order valence-corrected chi connectivity index (χ4v) is 4.71. The summed E-state index contributed by atoms with van der Waals surface area (Å²) >= 11 is 0. The molecule has 6 nitrogen and oxygen atoms in total. The molecule has 4 rings (SSSR count). The van der Waals surface area contributed by atoms with Crippen LogP contribution in [0.3, 0.4) is 0 Å². The number of benzene rings is 1. The molecule has 6 heteroatoms. The number of primary amides is 1. The van der Waals surface area contributed by atoms with E-state index in [1.807, 2.05) is 24.0 Å². The van der Waals surface area contributed by atoms with Gasteiger partial charge in [0.05, 0.1) is 5.41 Å². The molecule has 2 fully saturated rings. The van der Waals surface area contributed by atoms with Gasteiger partial charge in [-0.15, -0.1) is 0 Å². The third-order valence-corrected chi connectivity index (χ3v) is 6.77. The first-order valence-electron chi connectivity index (χ1n) is 9.87. The lowest BCUT2D eigenvalue weighted by Crippen LogP contribution is -2.53. The highest BCUT2D eigenvalue weighted by Gasteiger charge is 2.58. The van der Waals surface area contributed by atoms with Crippen LogP contribution >= 0.6 is 0 Å². The predicted molar refractivity (Wildman–Crippen MR) is 100 cm³/mol. The summed E-state index contributed by atoms with van der Waals surface area (Å²) in [4.78, 5) is 41.5. The number of piperidine rings is 1. The number of nitrogens with two attached hydrogens (primary N) is 1. The van der Waals surface area contributed by atoms with Crippen LogP contribution in [0.1, 0.15) is 43.7 Å². The fourth-order valence-electron chi connectivity index (χ4n) is 4.71. The minimum atomic E-state index is -0.972. The van der Waals surface area contributed by atoms with E-state index in [0.29, 0.717) is 51.9 Å². The lowest BCUT2D eigenvalue weighted by molar-refractivity contribution is -0.151. The van der Waals surface area contributed by atoms with E-state index in [0.717, 1.165) is 6.42 Å². The van der Waals surface area contributed by atoms with Crippen LogP contribution in [0.15, 0.2) is 24.3 Å². The molecule has 1 aromatic rings. The first-order chi connectivity index (χ1) is 12.9. The van der Waals surface area contributed by atoms with Crippen molar-refractivity contribution in [2.45, 2.75) is 45.6 Å². The summed E-state index contributed by atoms with van der Waals surface area (Å²) in [7, 11) is 0. The van der Waals surface area contributed by atoms with Gasteiger partial charge in [0.2, 0.25) is 17.7 Å². The van der Waals surface area contributed by atoms with Crippen LogP contribution in [0, 0.1) is 10.8 Å². The lowest BCUT2D eigenvalue weighted by atomic mass is 9.72. The van der Waals surface area contributed by atoms with Gasteiger partial charge in [0.25, 0.3) is 0 Å². The van der Waals surface area contributed by atoms with E-state index in [1.165, 1.54) is 11.1 Å². The van der Waals surface area contributed by atoms with E-state index >= 15 is 0 Å². The Balaban J connectivity index is 1.56. The van der Waals surface area contributed by atoms with Crippen LogP contribution < -0.4 is 5.73 Å². The van der Waals surface area contributed by atoms with Gasteiger partial charge in [0, 0.05) is 26.2 Å². The summed E-state index contributed by atoms with van der Waals surface area (Å²) in [6.07, 6.45) is 3.10. The Labute approximate surface area is 159 Å². The molecule has 144 valence electrons. The number of carbonyl (C=O) groups is 3. The lowest BCUT2D eigenvalue weighted by Gasteiger charge is -2.42. The first kappa shape index (κ1) is 18.0. The molecule has 2 heterocycles. The third-order valence-electron chi connectivity index (χ3n) is 6.77. The summed E-state index contributed by atoms with van der Waals surface area (Å²) in [5, 5.41) is 0. The van der Waals surface area contributed by atoms with Crippen LogP contribution in [0.25, 0.3) is 0 Å². The molecule has 27 heavy (non-hydrogen) atoms. The molecule has 0 radical (unpaired) electrons. The molecule has 2 N–H and O–H groups in total. The average Bonchev–Trinajstić information content (AvgIpc) is 3.49. The molecule has 1 spiro atoms. The number of nitrogens with zero attached hydrogens (tertiary/aromatic N) is 2. The summed E-state index contributed by atoms with van der Waals surface area (Å²) in [5.41, 5.74) is 6.48. The van der Waals surface area contributed by atoms with Crippen molar-refractivity contribution in [3.63, 3.8) is 0 Å². The van der Waals surface area contributed by atoms with Crippen LogP contribution in [-0.2, 0) is 27.3 Å². The normalized spacial score (nSPS) is 22.9. The molecule has 1 aliphatic carbocycles. The maximum absolute atomic E-state index is 13.4. The van der Waals surface area contributed by atoms with Crippen molar-refractivity contribution in [1.29, 1.82) is 0 Å². The monoisotopic (exact) mass is 369 g/mol. The molecule has 1 aromatic carbocycles. The zero-order valence-electron chi connectivity index (χ0n) is 15.9. The van der Waals surface area contributed by atoms with Gasteiger partial charge < -0.3 is 15.5 Å². The summed E-state index contributed by atoms with van der Waals surface area (Å²) in [5.74, 6) is -0.451. The van der Waals surface area contributed by atoms with Gasteiger partial charge >= 0.3 is 0 Å². The Morgan fingerprint density at radius 3 is 2.26 bits per heavy atom. The first-order valence-corrected chi connectivity index (χ1v) is 9.87. The number of fused-ring (bicyclic) bond motifs is 1. The zero-order chi connectivity index (χ0) is 19.2. The smallest absolute Gasteiger partial charge is 0.238 e. The molecule has 0 aromatic heterocycles. The number of hydrogen-bond acceptors (Lipinski definition) is 3. The van der Waals surface area contributed by atoms with Crippen LogP contribution in [-0.4, -0.2) is 47.2 Å². The molecule has 0 unspecified atom stereocenters. The predicted octanol–water partition coefficient (Wildman–Crippen LogP) is 1.47. The molecule has 0 bridgehead atoms. The average molecular weight is 369 g/mol. The zero-order valence-corrected chi connectivity index (χ0v) is 15.9. The van der Waals surface area contributed by atoms with Crippen molar-refractivity contribution in [2.24, 2.45) is 16.6 Å². The molecule has 1 saturated heterocycles. The van der Waals surface area contributed by atoms with Gasteiger partial charge in [0.15, 0.2) is 0 Å². The van der Waals surface area contributed by atoms with E-state index in [9.17, 15) is 14.4 Å². The number of rotatable bonds is 3. The van der Waals surface area contributed by atoms with E-state index < -0.39 is 16.7 Å². The van der Waals surface area contributed by atoms with Crippen LogP contribution in [0.2, 0.25) is 0 Å². The highest BCUT2D eigenvalue weighted by molar-refractivity contribution is 6.07. The molecule has 0 atom stereocenters. The molecular formula is C21H27N3O3.